The van der Waals surface area contributed by atoms with Crippen molar-refractivity contribution in [2.45, 2.75) is 44.4 Å². The van der Waals surface area contributed by atoms with Gasteiger partial charge < -0.3 is 18.9 Å². The highest BCUT2D eigenvalue weighted by molar-refractivity contribution is 4.92. The largest absolute Gasteiger partial charge is 0.376 e. The lowest BCUT2D eigenvalue weighted by atomic mass is 9.96. The van der Waals surface area contributed by atoms with Crippen molar-refractivity contribution in [3.8, 4) is 0 Å². The van der Waals surface area contributed by atoms with Gasteiger partial charge in [-0.1, -0.05) is 6.08 Å². The van der Waals surface area contributed by atoms with E-state index in [1.807, 2.05) is 13.8 Å². The van der Waals surface area contributed by atoms with Crippen LogP contribution < -0.4 is 0 Å². The summed E-state index contributed by atoms with van der Waals surface area (Å²) in [6.45, 7) is 8.11. The minimum Gasteiger partial charge on any atom is -0.376 e. The van der Waals surface area contributed by atoms with Gasteiger partial charge in [-0.2, -0.15) is 0 Å². The van der Waals surface area contributed by atoms with E-state index in [0.29, 0.717) is 6.61 Å². The summed E-state index contributed by atoms with van der Waals surface area (Å²) < 4.78 is 22.3. The molecule has 4 atom stereocenters. The van der Waals surface area contributed by atoms with Crippen LogP contribution >= 0.6 is 0 Å². The molecule has 0 saturated carbocycles. The van der Waals surface area contributed by atoms with Gasteiger partial charge in [0.05, 0.1) is 18.8 Å². The monoisotopic (exact) mass is 230 g/mol. The average Bonchev–Trinajstić information content (AvgIpc) is 2.26. The van der Waals surface area contributed by atoms with Gasteiger partial charge in [0.2, 0.25) is 0 Å². The number of hydrogen-bond donors (Lipinski definition) is 0. The van der Waals surface area contributed by atoms with Crippen LogP contribution in [0.4, 0.5) is 0 Å². The van der Waals surface area contributed by atoms with Crippen LogP contribution in [0.3, 0.4) is 0 Å². The van der Waals surface area contributed by atoms with Crippen LogP contribution in [0.1, 0.15) is 13.8 Å². The molecule has 0 spiro atoms. The lowest BCUT2D eigenvalue weighted by Crippen LogP contribution is -2.58. The summed E-state index contributed by atoms with van der Waals surface area (Å²) in [6.07, 6.45) is 1.39. The van der Waals surface area contributed by atoms with Gasteiger partial charge in [0, 0.05) is 14.2 Å². The second-order valence-electron chi connectivity index (χ2n) is 4.03. The molecule has 0 amide bonds. The van der Waals surface area contributed by atoms with Gasteiger partial charge in [-0.3, -0.25) is 0 Å². The summed E-state index contributed by atoms with van der Waals surface area (Å²) in [6, 6.07) is 0. The second kappa shape index (κ2) is 6.35. The zero-order valence-corrected chi connectivity index (χ0v) is 10.5. The molecule has 1 aliphatic rings. The molecule has 16 heavy (non-hydrogen) atoms. The molecule has 94 valence electrons. The Morgan fingerprint density at radius 3 is 1.94 bits per heavy atom. The van der Waals surface area contributed by atoms with E-state index < -0.39 is 0 Å². The minimum absolute atomic E-state index is 0.00113. The average molecular weight is 230 g/mol. The predicted molar refractivity (Wildman–Crippen MR) is 61.5 cm³/mol. The normalized spacial score (nSPS) is 39.6. The zero-order valence-electron chi connectivity index (χ0n) is 10.5. The molecular weight excluding hydrogens is 208 g/mol. The molecular formula is C12H22O4. The topological polar surface area (TPSA) is 36.9 Å². The first-order chi connectivity index (χ1) is 7.65. The van der Waals surface area contributed by atoms with E-state index in [9.17, 15) is 0 Å². The fourth-order valence-electron chi connectivity index (χ4n) is 2.23. The van der Waals surface area contributed by atoms with Gasteiger partial charge in [-0.25, -0.2) is 0 Å². The smallest absolute Gasteiger partial charge is 0.115 e. The molecule has 4 nitrogen and oxygen atoms in total. The molecule has 0 N–H and O–H groups in total. The Morgan fingerprint density at radius 1 is 1.06 bits per heavy atom. The summed E-state index contributed by atoms with van der Waals surface area (Å²) in [5, 5.41) is 0. The maximum atomic E-state index is 5.75. The van der Waals surface area contributed by atoms with E-state index in [0.717, 1.165) is 0 Å². The fourth-order valence-corrected chi connectivity index (χ4v) is 2.23. The minimum atomic E-state index is -0.119. The second-order valence-corrected chi connectivity index (χ2v) is 4.03. The maximum Gasteiger partial charge on any atom is 0.115 e. The van der Waals surface area contributed by atoms with Gasteiger partial charge in [-0.15, -0.1) is 6.58 Å². The predicted octanol–water partition coefficient (Wildman–Crippen LogP) is 1.39. The number of rotatable bonds is 5. The zero-order chi connectivity index (χ0) is 12.1. The lowest BCUT2D eigenvalue weighted by Gasteiger charge is -2.43. The summed E-state index contributed by atoms with van der Waals surface area (Å²) >= 11 is 0. The van der Waals surface area contributed by atoms with E-state index in [1.165, 1.54) is 0 Å². The molecule has 1 saturated heterocycles. The van der Waals surface area contributed by atoms with E-state index in [2.05, 4.69) is 6.58 Å². The van der Waals surface area contributed by atoms with Gasteiger partial charge >= 0.3 is 0 Å². The van der Waals surface area contributed by atoms with Crippen molar-refractivity contribution in [3.63, 3.8) is 0 Å². The van der Waals surface area contributed by atoms with Gasteiger partial charge in [0.25, 0.3) is 0 Å². The molecule has 0 radical (unpaired) electrons. The molecule has 1 fully saturated rings. The Labute approximate surface area is 97.5 Å². The Balaban J connectivity index is 2.76. The first-order valence-corrected chi connectivity index (χ1v) is 5.59. The van der Waals surface area contributed by atoms with Crippen molar-refractivity contribution in [2.24, 2.45) is 0 Å². The number of hydrogen-bond acceptors (Lipinski definition) is 4. The Morgan fingerprint density at radius 2 is 1.56 bits per heavy atom. The number of methoxy groups -OCH3 is 2. The van der Waals surface area contributed by atoms with Crippen LogP contribution in [0.5, 0.6) is 0 Å². The van der Waals surface area contributed by atoms with Crippen molar-refractivity contribution in [1.82, 2.24) is 0 Å². The van der Waals surface area contributed by atoms with Gasteiger partial charge in [0.15, 0.2) is 0 Å². The molecule has 1 rings (SSSR count). The lowest BCUT2D eigenvalue weighted by molar-refractivity contribution is -0.237. The Hall–Kier alpha value is -0.420. The van der Waals surface area contributed by atoms with Crippen molar-refractivity contribution in [3.05, 3.63) is 12.7 Å². The van der Waals surface area contributed by atoms with Crippen LogP contribution in [0, 0.1) is 0 Å². The fraction of sp³-hybridized carbons (Fsp3) is 0.833. The van der Waals surface area contributed by atoms with Crippen LogP contribution in [0.25, 0.3) is 0 Å². The van der Waals surface area contributed by atoms with E-state index in [-0.39, 0.29) is 30.5 Å². The Bertz CT molecular complexity index is 203. The summed E-state index contributed by atoms with van der Waals surface area (Å²) in [5.41, 5.74) is 0. The third kappa shape index (κ3) is 2.83. The van der Waals surface area contributed by atoms with Crippen molar-refractivity contribution in [2.75, 3.05) is 20.8 Å². The van der Waals surface area contributed by atoms with E-state index in [1.54, 1.807) is 20.3 Å². The summed E-state index contributed by atoms with van der Waals surface area (Å²) in [5.74, 6) is 0. The highest BCUT2D eigenvalue weighted by Crippen LogP contribution is 2.26. The van der Waals surface area contributed by atoms with E-state index >= 15 is 0 Å². The molecule has 0 bridgehead atoms. The quantitative estimate of drug-likeness (QED) is 0.669. The number of ether oxygens (including phenoxy) is 4. The van der Waals surface area contributed by atoms with Crippen molar-refractivity contribution in [1.29, 1.82) is 0 Å². The van der Waals surface area contributed by atoms with Crippen LogP contribution in [0.15, 0.2) is 12.7 Å². The maximum absolute atomic E-state index is 5.75. The molecule has 1 heterocycles. The molecule has 4 heteroatoms. The molecule has 0 aliphatic carbocycles. The highest BCUT2D eigenvalue weighted by atomic mass is 16.6. The van der Waals surface area contributed by atoms with Crippen LogP contribution in [0.2, 0.25) is 0 Å². The first-order valence-electron chi connectivity index (χ1n) is 5.59. The third-order valence-electron chi connectivity index (χ3n) is 2.95. The SMILES string of the molecule is C=CCOC1C(OC)C(C)OC(C)C1OC. The Kier molecular flexibility index (Phi) is 5.41. The standard InChI is InChI=1S/C12H22O4/c1-6-7-15-12-10(13-4)8(2)16-9(3)11(12)14-5/h6,8-12H,1,7H2,2-5H3. The highest BCUT2D eigenvalue weighted by Gasteiger charge is 2.43. The third-order valence-corrected chi connectivity index (χ3v) is 2.95. The van der Waals surface area contributed by atoms with Gasteiger partial charge in [0.1, 0.15) is 18.3 Å². The molecule has 0 aromatic carbocycles. The van der Waals surface area contributed by atoms with Gasteiger partial charge in [-0.05, 0) is 13.8 Å². The molecule has 4 unspecified atom stereocenters. The van der Waals surface area contributed by atoms with Crippen molar-refractivity contribution >= 4 is 0 Å². The van der Waals surface area contributed by atoms with Crippen LogP contribution in [-0.2, 0) is 18.9 Å². The van der Waals surface area contributed by atoms with Crippen molar-refractivity contribution < 1.29 is 18.9 Å². The van der Waals surface area contributed by atoms with Crippen LogP contribution in [-0.4, -0.2) is 51.3 Å². The molecule has 0 aromatic heterocycles. The molecule has 1 aliphatic heterocycles. The summed E-state index contributed by atoms with van der Waals surface area (Å²) in [7, 11) is 3.33. The first kappa shape index (κ1) is 13.6. The molecule has 0 aromatic rings. The summed E-state index contributed by atoms with van der Waals surface area (Å²) in [4.78, 5) is 0. The van der Waals surface area contributed by atoms with E-state index in [4.69, 9.17) is 18.9 Å².